The molecule has 6 nitrogen and oxygen atoms in total. The number of carbonyl (C=O) groups is 2. The van der Waals surface area contributed by atoms with E-state index in [2.05, 4.69) is 29.2 Å². The number of carbonyl (C=O) groups excluding carboxylic acids is 1. The van der Waals surface area contributed by atoms with Crippen molar-refractivity contribution in [2.24, 2.45) is 0 Å². The van der Waals surface area contributed by atoms with Crippen LogP contribution in [0.2, 0.25) is 0 Å². The van der Waals surface area contributed by atoms with Gasteiger partial charge in [0.1, 0.15) is 0 Å². The molecule has 0 aliphatic carbocycles. The van der Waals surface area contributed by atoms with Crippen LogP contribution >= 0.6 is 0 Å². The van der Waals surface area contributed by atoms with E-state index in [1.807, 2.05) is 42.2 Å². The number of aryl methyl sites for hydroxylation is 2. The van der Waals surface area contributed by atoms with Gasteiger partial charge in [-0.15, -0.1) is 0 Å². The lowest BCUT2D eigenvalue weighted by molar-refractivity contribution is -0.137. The lowest BCUT2D eigenvalue weighted by atomic mass is 9.85. The molecular formula is C30H32N2O4. The molecule has 5 aliphatic heterocycles. The highest BCUT2D eigenvalue weighted by atomic mass is 16.5. The first kappa shape index (κ1) is 24.0. The Labute approximate surface area is 211 Å². The van der Waals surface area contributed by atoms with Crippen LogP contribution in [0.3, 0.4) is 0 Å². The van der Waals surface area contributed by atoms with Crippen molar-refractivity contribution in [3.05, 3.63) is 93.7 Å². The third kappa shape index (κ3) is 5.27. The number of benzene rings is 2. The van der Waals surface area contributed by atoms with Gasteiger partial charge in [0.15, 0.2) is 0 Å². The normalized spacial score (nSPS) is 18.1. The molecule has 3 aromatic rings. The van der Waals surface area contributed by atoms with Crippen molar-refractivity contribution >= 4 is 11.9 Å². The molecule has 1 atom stereocenters. The molecule has 5 aliphatic rings. The summed E-state index contributed by atoms with van der Waals surface area (Å²) in [5.41, 5.74) is 6.84. The number of hydrogen-bond acceptors (Lipinski definition) is 4. The molecule has 1 aromatic heterocycles. The van der Waals surface area contributed by atoms with Gasteiger partial charge in [0.25, 0.3) is 5.91 Å². The summed E-state index contributed by atoms with van der Waals surface area (Å²) in [6, 6.07) is 18.0. The monoisotopic (exact) mass is 484 g/mol. The number of carboxylic acids is 1. The minimum atomic E-state index is -0.858. The maximum atomic E-state index is 13.3. The zero-order valence-electron chi connectivity index (χ0n) is 20.7. The second kappa shape index (κ2) is 10.5. The quantitative estimate of drug-likeness (QED) is 0.534. The molecule has 0 saturated heterocycles. The topological polar surface area (TPSA) is 79.7 Å². The van der Waals surface area contributed by atoms with Gasteiger partial charge in [-0.2, -0.15) is 0 Å². The number of nitrogens with zero attached hydrogens (tertiary/aromatic N) is 2. The molecule has 8 rings (SSSR count). The predicted octanol–water partition coefficient (Wildman–Crippen LogP) is 5.30. The second-order valence-corrected chi connectivity index (χ2v) is 9.84. The number of aliphatic carboxylic acids is 1. The fourth-order valence-electron chi connectivity index (χ4n) is 5.33. The van der Waals surface area contributed by atoms with Crippen molar-refractivity contribution in [1.82, 2.24) is 9.88 Å². The zero-order chi connectivity index (χ0) is 25.1. The van der Waals surface area contributed by atoms with E-state index in [0.717, 1.165) is 54.5 Å². The Morgan fingerprint density at radius 3 is 2.64 bits per heavy atom. The average Bonchev–Trinajstić information content (AvgIpc) is 2.88. The van der Waals surface area contributed by atoms with Gasteiger partial charge in [0, 0.05) is 36.3 Å². The summed E-state index contributed by atoms with van der Waals surface area (Å²) in [6.45, 7) is 3.71. The number of hydrogen-bond donors (Lipinski definition) is 1. The van der Waals surface area contributed by atoms with Crippen LogP contribution in [-0.2, 0) is 24.2 Å². The third-order valence-electron chi connectivity index (χ3n) is 7.35. The van der Waals surface area contributed by atoms with Gasteiger partial charge in [0.2, 0.25) is 5.88 Å². The van der Waals surface area contributed by atoms with Gasteiger partial charge < -0.3 is 14.7 Å². The maximum Gasteiger partial charge on any atom is 0.304 e. The van der Waals surface area contributed by atoms with Crippen LogP contribution in [0, 0.1) is 6.92 Å². The van der Waals surface area contributed by atoms with E-state index in [4.69, 9.17) is 4.74 Å². The molecule has 1 amide bonds. The summed E-state index contributed by atoms with van der Waals surface area (Å²) >= 11 is 0. The molecule has 0 saturated carbocycles. The number of pyridine rings is 1. The van der Waals surface area contributed by atoms with Crippen LogP contribution in [0.15, 0.2) is 54.6 Å². The van der Waals surface area contributed by atoms with Crippen molar-refractivity contribution in [1.29, 1.82) is 0 Å². The maximum absolute atomic E-state index is 13.3. The Morgan fingerprint density at radius 1 is 1.03 bits per heavy atom. The Morgan fingerprint density at radius 2 is 1.86 bits per heavy atom. The highest BCUT2D eigenvalue weighted by molar-refractivity contribution is 5.94. The average molecular weight is 485 g/mol. The van der Waals surface area contributed by atoms with Gasteiger partial charge in [-0.3, -0.25) is 9.59 Å². The molecule has 6 heteroatoms. The molecule has 1 N–H and O–H groups in total. The summed E-state index contributed by atoms with van der Waals surface area (Å²) in [5.74, 6) is -0.574. The van der Waals surface area contributed by atoms with Gasteiger partial charge in [-0.1, -0.05) is 36.4 Å². The van der Waals surface area contributed by atoms with Crippen molar-refractivity contribution < 1.29 is 19.4 Å². The largest absolute Gasteiger partial charge is 0.481 e. The Kier molecular flexibility index (Phi) is 7.03. The first-order valence-corrected chi connectivity index (χ1v) is 12.8. The van der Waals surface area contributed by atoms with Crippen molar-refractivity contribution in [3.63, 3.8) is 0 Å². The predicted molar refractivity (Wildman–Crippen MR) is 137 cm³/mol. The molecule has 1 unspecified atom stereocenters. The fraction of sp³-hybridized carbons (Fsp3) is 0.367. The van der Waals surface area contributed by atoms with Crippen LogP contribution in [0.5, 0.6) is 5.88 Å². The molecule has 2 aromatic carbocycles. The number of carboxylic acid groups (broad SMARTS) is 1. The summed E-state index contributed by atoms with van der Waals surface area (Å²) in [6.07, 6.45) is 4.77. The van der Waals surface area contributed by atoms with E-state index in [9.17, 15) is 14.7 Å². The number of ether oxygens (including phenoxy) is 1. The molecule has 0 radical (unpaired) electrons. The van der Waals surface area contributed by atoms with Gasteiger partial charge >= 0.3 is 5.97 Å². The van der Waals surface area contributed by atoms with Crippen LogP contribution in [0.25, 0.3) is 0 Å². The van der Waals surface area contributed by atoms with E-state index < -0.39 is 5.97 Å². The zero-order valence-corrected chi connectivity index (χ0v) is 20.7. The van der Waals surface area contributed by atoms with E-state index in [0.29, 0.717) is 31.1 Å². The smallest absolute Gasteiger partial charge is 0.304 e. The third-order valence-corrected chi connectivity index (χ3v) is 7.35. The highest BCUT2D eigenvalue weighted by Gasteiger charge is 2.25. The number of aromatic nitrogens is 1. The SMILES string of the molecule is Cc1nc2ccc1C(CC(=O)O)c1ccc3c(c1)CN(CC3)C(=O)c1ccc(cc1)CCCCCO2. The molecule has 0 fully saturated rings. The van der Waals surface area contributed by atoms with E-state index >= 15 is 0 Å². The van der Waals surface area contributed by atoms with E-state index in [-0.39, 0.29) is 18.2 Å². The van der Waals surface area contributed by atoms with Crippen LogP contribution < -0.4 is 4.74 Å². The molecule has 7 bridgehead atoms. The lowest BCUT2D eigenvalue weighted by Crippen LogP contribution is -2.36. The standard InChI is InChI=1S/C30H32N2O4/c1-20-26-12-13-28(31-20)36-16-4-2-3-5-21-6-8-23(9-7-21)30(35)32-15-14-22-10-11-24(17-25(22)19-32)27(26)18-29(33)34/h6-13,17,27H,2-5,14-16,18-19H2,1H3,(H,33,34). The van der Waals surface area contributed by atoms with Crippen molar-refractivity contribution in [3.8, 4) is 5.88 Å². The minimum Gasteiger partial charge on any atom is -0.481 e. The molecular weight excluding hydrogens is 452 g/mol. The lowest BCUT2D eigenvalue weighted by Gasteiger charge is -2.30. The fourth-order valence-corrected chi connectivity index (χ4v) is 5.33. The van der Waals surface area contributed by atoms with E-state index in [1.54, 1.807) is 0 Å². The Bertz CT molecular complexity index is 1270. The highest BCUT2D eigenvalue weighted by Crippen LogP contribution is 2.33. The van der Waals surface area contributed by atoms with E-state index in [1.165, 1.54) is 11.1 Å². The molecule has 0 spiro atoms. The summed E-state index contributed by atoms with van der Waals surface area (Å²) in [7, 11) is 0. The second-order valence-electron chi connectivity index (χ2n) is 9.84. The van der Waals surface area contributed by atoms with Crippen molar-refractivity contribution in [2.75, 3.05) is 13.2 Å². The summed E-state index contributed by atoms with van der Waals surface area (Å²) in [4.78, 5) is 31.7. The first-order chi connectivity index (χ1) is 17.5. The van der Waals surface area contributed by atoms with Crippen molar-refractivity contribution in [2.45, 2.75) is 57.9 Å². The molecule has 186 valence electrons. The van der Waals surface area contributed by atoms with Gasteiger partial charge in [-0.05, 0) is 79.0 Å². The van der Waals surface area contributed by atoms with Gasteiger partial charge in [0.05, 0.1) is 13.0 Å². The van der Waals surface area contributed by atoms with Crippen LogP contribution in [0.4, 0.5) is 0 Å². The summed E-state index contributed by atoms with van der Waals surface area (Å²) < 4.78 is 5.90. The van der Waals surface area contributed by atoms with Crippen LogP contribution in [-0.4, -0.2) is 40.0 Å². The Balaban J connectivity index is 1.52. The summed E-state index contributed by atoms with van der Waals surface area (Å²) in [5, 5.41) is 9.70. The number of rotatable bonds is 2. The Hall–Kier alpha value is -3.67. The number of amides is 1. The first-order valence-electron chi connectivity index (χ1n) is 12.8. The van der Waals surface area contributed by atoms with Crippen LogP contribution in [0.1, 0.15) is 75.5 Å². The van der Waals surface area contributed by atoms with Gasteiger partial charge in [-0.25, -0.2) is 4.98 Å². The molecule has 36 heavy (non-hydrogen) atoms. The minimum absolute atomic E-state index is 0.0312. The molecule has 6 heterocycles.